The summed E-state index contributed by atoms with van der Waals surface area (Å²) < 4.78 is 5.44. The molecule has 0 aromatic heterocycles. The Morgan fingerprint density at radius 1 is 1.22 bits per heavy atom. The van der Waals surface area contributed by atoms with Gasteiger partial charge in [0, 0.05) is 19.4 Å². The Balaban J connectivity index is 1.78. The molecule has 100 valence electrons. The van der Waals surface area contributed by atoms with Crippen LogP contribution >= 0.6 is 0 Å². The van der Waals surface area contributed by atoms with Crippen molar-refractivity contribution in [3.63, 3.8) is 0 Å². The van der Waals surface area contributed by atoms with Crippen LogP contribution in [0.25, 0.3) is 0 Å². The van der Waals surface area contributed by atoms with Gasteiger partial charge in [0.1, 0.15) is 5.76 Å². The number of rotatable bonds is 3. The highest BCUT2D eigenvalue weighted by Gasteiger charge is 2.69. The van der Waals surface area contributed by atoms with Gasteiger partial charge in [0.05, 0.1) is 0 Å². The average molecular weight is 250 g/mol. The van der Waals surface area contributed by atoms with Gasteiger partial charge in [-0.3, -0.25) is 4.79 Å². The van der Waals surface area contributed by atoms with Gasteiger partial charge in [-0.1, -0.05) is 0 Å². The fraction of sp³-hybridized carbons (Fsp3) is 0.800. The summed E-state index contributed by atoms with van der Waals surface area (Å²) in [6.45, 7) is 5.86. The summed E-state index contributed by atoms with van der Waals surface area (Å²) in [5.41, 5.74) is 1.13. The van der Waals surface area contributed by atoms with Gasteiger partial charge in [0.25, 0.3) is 0 Å². The predicted molar refractivity (Wildman–Crippen MR) is 67.4 cm³/mol. The zero-order chi connectivity index (χ0) is 13.0. The van der Waals surface area contributed by atoms with Crippen molar-refractivity contribution in [1.82, 2.24) is 0 Å². The summed E-state index contributed by atoms with van der Waals surface area (Å²) in [6, 6.07) is 0. The maximum Gasteiger partial charge on any atom is 0.307 e. The number of carbonyl (C=O) groups excluding carboxylic acids is 1. The Morgan fingerprint density at radius 3 is 2.50 bits per heavy atom. The van der Waals surface area contributed by atoms with Crippen LogP contribution in [0, 0.1) is 35.5 Å². The number of ether oxygens (including phenoxy) is 1. The van der Waals surface area contributed by atoms with Gasteiger partial charge in [-0.2, -0.15) is 0 Å². The molecule has 18 heavy (non-hydrogen) atoms. The minimum Gasteiger partial charge on any atom is -0.431 e. The van der Waals surface area contributed by atoms with Crippen LogP contribution < -0.4 is 0 Å². The quantitative estimate of drug-likeness (QED) is 0.618. The standard InChI is InChI=1S/C15H22O3/c1-7(2)15(18-8(3)17)14-12-9-4-10(6-16)11(5-9)13(12)14/h9-14,16H,4-6H2,1-3H3/t9-,10-,11-,12+,13-,14-/m0/s1. The van der Waals surface area contributed by atoms with Crippen molar-refractivity contribution in [2.75, 3.05) is 6.61 Å². The van der Waals surface area contributed by atoms with Gasteiger partial charge < -0.3 is 9.84 Å². The van der Waals surface area contributed by atoms with Crippen molar-refractivity contribution >= 4 is 5.97 Å². The molecule has 1 N–H and O–H groups in total. The summed E-state index contributed by atoms with van der Waals surface area (Å²) in [5.74, 6) is 4.49. The molecule has 0 amide bonds. The first kappa shape index (κ1) is 12.2. The lowest BCUT2D eigenvalue weighted by Crippen LogP contribution is -2.16. The third-order valence-corrected chi connectivity index (χ3v) is 5.24. The van der Waals surface area contributed by atoms with Crippen LogP contribution in [-0.4, -0.2) is 17.7 Å². The number of allylic oxidation sites excluding steroid dienone is 2. The molecule has 3 fully saturated rings. The highest BCUT2D eigenvalue weighted by Crippen LogP contribution is 2.72. The van der Waals surface area contributed by atoms with Crippen LogP contribution in [0.5, 0.6) is 0 Å². The molecule has 0 aliphatic heterocycles. The molecular formula is C15H22O3. The highest BCUT2D eigenvalue weighted by molar-refractivity contribution is 5.67. The first-order valence-corrected chi connectivity index (χ1v) is 7.01. The minimum absolute atomic E-state index is 0.206. The summed E-state index contributed by atoms with van der Waals surface area (Å²) in [6.07, 6.45) is 2.46. The maximum atomic E-state index is 11.2. The largest absolute Gasteiger partial charge is 0.431 e. The van der Waals surface area contributed by atoms with Crippen LogP contribution in [-0.2, 0) is 9.53 Å². The lowest BCUT2D eigenvalue weighted by atomic mass is 9.89. The molecule has 0 heterocycles. The number of aliphatic hydroxyl groups excluding tert-OH is 1. The number of esters is 1. The minimum atomic E-state index is -0.206. The summed E-state index contributed by atoms with van der Waals surface area (Å²) in [4.78, 5) is 11.2. The molecule has 3 rings (SSSR count). The van der Waals surface area contributed by atoms with Crippen LogP contribution in [0.3, 0.4) is 0 Å². The lowest BCUT2D eigenvalue weighted by Gasteiger charge is -2.18. The molecule has 0 aromatic rings. The smallest absolute Gasteiger partial charge is 0.307 e. The van der Waals surface area contributed by atoms with Crippen molar-refractivity contribution in [3.05, 3.63) is 11.3 Å². The van der Waals surface area contributed by atoms with Crippen molar-refractivity contribution < 1.29 is 14.6 Å². The van der Waals surface area contributed by atoms with E-state index in [0.717, 1.165) is 23.2 Å². The Bertz CT molecular complexity index is 408. The second-order valence-electron chi connectivity index (χ2n) is 6.48. The van der Waals surface area contributed by atoms with E-state index in [9.17, 15) is 9.90 Å². The van der Waals surface area contributed by atoms with Crippen LogP contribution in [0.2, 0.25) is 0 Å². The fourth-order valence-corrected chi connectivity index (χ4v) is 4.72. The zero-order valence-electron chi connectivity index (χ0n) is 11.3. The number of hydrogen-bond acceptors (Lipinski definition) is 3. The van der Waals surface area contributed by atoms with Gasteiger partial charge in [0.15, 0.2) is 0 Å². The number of hydrogen-bond donors (Lipinski definition) is 1. The van der Waals surface area contributed by atoms with E-state index in [-0.39, 0.29) is 5.97 Å². The molecule has 6 atom stereocenters. The van der Waals surface area contributed by atoms with Gasteiger partial charge in [-0.25, -0.2) is 0 Å². The Morgan fingerprint density at radius 2 is 1.94 bits per heavy atom. The second-order valence-corrected chi connectivity index (χ2v) is 6.48. The summed E-state index contributed by atoms with van der Waals surface area (Å²) in [7, 11) is 0. The molecule has 0 spiro atoms. The van der Waals surface area contributed by atoms with E-state index in [1.54, 1.807) is 0 Å². The third-order valence-electron chi connectivity index (χ3n) is 5.24. The van der Waals surface area contributed by atoms with Crippen molar-refractivity contribution in [3.8, 4) is 0 Å². The normalized spacial score (nSPS) is 43.6. The number of carbonyl (C=O) groups is 1. The van der Waals surface area contributed by atoms with Crippen LogP contribution in [0.4, 0.5) is 0 Å². The monoisotopic (exact) mass is 250 g/mol. The average Bonchev–Trinajstić information content (AvgIpc) is 2.74. The molecule has 0 unspecified atom stereocenters. The maximum absolute atomic E-state index is 11.2. The molecule has 3 aliphatic carbocycles. The van der Waals surface area contributed by atoms with E-state index < -0.39 is 0 Å². The SMILES string of the molecule is CC(=O)OC(=C(C)C)[C@@H]1[C@H]2[C@H]3C[C@H](C[C@H]3CO)[C@@H]12. The molecule has 0 radical (unpaired) electrons. The Kier molecular flexibility index (Phi) is 2.77. The van der Waals surface area contributed by atoms with Gasteiger partial charge in [0.2, 0.25) is 0 Å². The van der Waals surface area contributed by atoms with Crippen LogP contribution in [0.1, 0.15) is 33.6 Å². The molecule has 3 saturated carbocycles. The zero-order valence-corrected chi connectivity index (χ0v) is 11.3. The second kappa shape index (κ2) is 4.09. The summed E-state index contributed by atoms with van der Waals surface area (Å²) >= 11 is 0. The van der Waals surface area contributed by atoms with Crippen molar-refractivity contribution in [2.45, 2.75) is 33.6 Å². The highest BCUT2D eigenvalue weighted by atomic mass is 16.5. The first-order valence-electron chi connectivity index (χ1n) is 7.01. The molecule has 0 aromatic carbocycles. The molecule has 3 heteroatoms. The predicted octanol–water partition coefficient (Wildman–Crippen LogP) is 2.35. The van der Waals surface area contributed by atoms with Gasteiger partial charge in [-0.05, 0) is 61.9 Å². The molecule has 3 nitrogen and oxygen atoms in total. The van der Waals surface area contributed by atoms with Crippen molar-refractivity contribution in [2.24, 2.45) is 35.5 Å². The van der Waals surface area contributed by atoms with E-state index in [1.807, 2.05) is 13.8 Å². The topological polar surface area (TPSA) is 46.5 Å². The van der Waals surface area contributed by atoms with E-state index in [4.69, 9.17) is 4.74 Å². The number of aliphatic hydroxyl groups is 1. The number of fused-ring (bicyclic) bond motifs is 5. The Hall–Kier alpha value is -0.830. The van der Waals surface area contributed by atoms with E-state index in [2.05, 4.69) is 0 Å². The van der Waals surface area contributed by atoms with Crippen molar-refractivity contribution in [1.29, 1.82) is 0 Å². The molecule has 2 bridgehead atoms. The van der Waals surface area contributed by atoms with E-state index in [0.29, 0.717) is 30.3 Å². The Labute approximate surface area is 108 Å². The lowest BCUT2D eigenvalue weighted by molar-refractivity contribution is -0.137. The summed E-state index contributed by atoms with van der Waals surface area (Å²) in [5, 5.41) is 9.41. The van der Waals surface area contributed by atoms with E-state index >= 15 is 0 Å². The van der Waals surface area contributed by atoms with Gasteiger partial charge in [-0.15, -0.1) is 0 Å². The molecule has 0 saturated heterocycles. The fourth-order valence-electron chi connectivity index (χ4n) is 4.72. The van der Waals surface area contributed by atoms with E-state index in [1.165, 1.54) is 19.8 Å². The first-order chi connectivity index (χ1) is 8.54. The molecular weight excluding hydrogens is 228 g/mol. The van der Waals surface area contributed by atoms with Gasteiger partial charge >= 0.3 is 5.97 Å². The third kappa shape index (κ3) is 1.63. The van der Waals surface area contributed by atoms with Crippen LogP contribution in [0.15, 0.2) is 11.3 Å². The molecule has 3 aliphatic rings.